The molecule has 4 nitrogen and oxygen atoms in total. The molecule has 1 aromatic rings. The summed E-state index contributed by atoms with van der Waals surface area (Å²) in [5, 5.41) is 2.96. The number of nitrogens with one attached hydrogen (secondary N) is 1. The maximum atomic E-state index is 5.62. The summed E-state index contributed by atoms with van der Waals surface area (Å²) >= 11 is 0. The molecule has 1 aliphatic carbocycles. The lowest BCUT2D eigenvalue weighted by atomic mass is 10.3. The highest BCUT2D eigenvalue weighted by atomic mass is 16.5. The molecule has 0 aromatic carbocycles. The number of hydrogen-bond donors (Lipinski definition) is 2. The number of nitrogen functional groups attached to an aromatic ring is 1. The van der Waals surface area contributed by atoms with Crippen molar-refractivity contribution in [3.05, 3.63) is 12.3 Å². The second-order valence-corrected chi connectivity index (χ2v) is 3.17. The van der Waals surface area contributed by atoms with Crippen LogP contribution in [0.2, 0.25) is 0 Å². The van der Waals surface area contributed by atoms with Gasteiger partial charge < -0.3 is 15.8 Å². The highest BCUT2D eigenvalue weighted by molar-refractivity contribution is 5.63. The summed E-state index contributed by atoms with van der Waals surface area (Å²) in [5.74, 6) is 1.30. The van der Waals surface area contributed by atoms with E-state index in [0.29, 0.717) is 11.9 Å². The van der Waals surface area contributed by atoms with Gasteiger partial charge in [0.2, 0.25) is 0 Å². The Bertz CT molecular complexity index is 310. The Balaban J connectivity index is 2.16. The van der Waals surface area contributed by atoms with Crippen molar-refractivity contribution in [2.75, 3.05) is 18.1 Å². The summed E-state index contributed by atoms with van der Waals surface area (Å²) in [5.41, 5.74) is 6.43. The monoisotopic (exact) mass is 179 g/mol. The molecule has 0 radical (unpaired) electrons. The molecule has 0 spiro atoms. The van der Waals surface area contributed by atoms with Gasteiger partial charge in [-0.25, -0.2) is 4.98 Å². The van der Waals surface area contributed by atoms with Crippen molar-refractivity contribution >= 4 is 11.5 Å². The van der Waals surface area contributed by atoms with Gasteiger partial charge in [-0.2, -0.15) is 0 Å². The van der Waals surface area contributed by atoms with Crippen LogP contribution in [0.25, 0.3) is 0 Å². The summed E-state index contributed by atoms with van der Waals surface area (Å²) in [4.78, 5) is 4.02. The molecule has 0 aliphatic heterocycles. The summed E-state index contributed by atoms with van der Waals surface area (Å²) in [7, 11) is 1.81. The Morgan fingerprint density at radius 1 is 1.62 bits per heavy atom. The van der Waals surface area contributed by atoms with Crippen LogP contribution >= 0.6 is 0 Å². The van der Waals surface area contributed by atoms with Gasteiger partial charge in [-0.15, -0.1) is 0 Å². The first-order valence-electron chi connectivity index (χ1n) is 4.39. The molecular formula is C9H13N3O. The van der Waals surface area contributed by atoms with E-state index < -0.39 is 0 Å². The van der Waals surface area contributed by atoms with Crippen LogP contribution in [0.4, 0.5) is 11.5 Å². The average Bonchev–Trinajstić information content (AvgIpc) is 2.92. The van der Waals surface area contributed by atoms with E-state index in [-0.39, 0.29) is 0 Å². The number of pyridine rings is 1. The molecule has 1 aliphatic rings. The maximum absolute atomic E-state index is 5.62. The Morgan fingerprint density at radius 2 is 2.38 bits per heavy atom. The standard InChI is InChI=1S/C9H13N3O/c1-11-8-4-7(5-12-9(8)10)13-6-2-3-6/h4-6,11H,2-3H2,1H3,(H2,10,12). The number of anilines is 2. The number of rotatable bonds is 3. The topological polar surface area (TPSA) is 60.2 Å². The quantitative estimate of drug-likeness (QED) is 0.733. The predicted molar refractivity (Wildman–Crippen MR) is 51.8 cm³/mol. The van der Waals surface area contributed by atoms with Crippen molar-refractivity contribution in [3.63, 3.8) is 0 Å². The third kappa shape index (κ3) is 1.83. The SMILES string of the molecule is CNc1cc(OC2CC2)cnc1N. The zero-order valence-electron chi connectivity index (χ0n) is 7.58. The van der Waals surface area contributed by atoms with Crippen LogP contribution in [0.15, 0.2) is 12.3 Å². The molecule has 1 saturated carbocycles. The van der Waals surface area contributed by atoms with Crippen molar-refractivity contribution in [2.45, 2.75) is 18.9 Å². The number of hydrogen-bond acceptors (Lipinski definition) is 4. The van der Waals surface area contributed by atoms with Gasteiger partial charge in [0.15, 0.2) is 0 Å². The first kappa shape index (κ1) is 8.16. The van der Waals surface area contributed by atoms with E-state index >= 15 is 0 Å². The third-order valence-electron chi connectivity index (χ3n) is 1.99. The molecule has 2 rings (SSSR count). The zero-order chi connectivity index (χ0) is 9.26. The smallest absolute Gasteiger partial charge is 0.147 e. The lowest BCUT2D eigenvalue weighted by molar-refractivity contribution is 0.302. The average molecular weight is 179 g/mol. The minimum absolute atomic E-state index is 0.398. The third-order valence-corrected chi connectivity index (χ3v) is 1.99. The van der Waals surface area contributed by atoms with Gasteiger partial charge in [-0.3, -0.25) is 0 Å². The van der Waals surface area contributed by atoms with Crippen LogP contribution in [-0.2, 0) is 0 Å². The van der Waals surface area contributed by atoms with Crippen LogP contribution in [-0.4, -0.2) is 18.1 Å². The van der Waals surface area contributed by atoms with E-state index in [0.717, 1.165) is 24.3 Å². The first-order valence-corrected chi connectivity index (χ1v) is 4.39. The summed E-state index contributed by atoms with van der Waals surface area (Å²) < 4.78 is 5.56. The molecular weight excluding hydrogens is 166 g/mol. The number of ether oxygens (including phenoxy) is 1. The van der Waals surface area contributed by atoms with Crippen molar-refractivity contribution in [3.8, 4) is 5.75 Å². The van der Waals surface area contributed by atoms with Crippen LogP contribution in [0, 0.1) is 0 Å². The lowest BCUT2D eigenvalue weighted by Crippen LogP contribution is -2.01. The van der Waals surface area contributed by atoms with E-state index in [2.05, 4.69) is 10.3 Å². The minimum atomic E-state index is 0.398. The van der Waals surface area contributed by atoms with Crippen molar-refractivity contribution in [2.24, 2.45) is 0 Å². The van der Waals surface area contributed by atoms with Crippen molar-refractivity contribution < 1.29 is 4.74 Å². The van der Waals surface area contributed by atoms with Crippen LogP contribution in [0.5, 0.6) is 5.75 Å². The largest absolute Gasteiger partial charge is 0.489 e. The molecule has 1 aromatic heterocycles. The Hall–Kier alpha value is -1.45. The summed E-state index contributed by atoms with van der Waals surface area (Å²) in [6, 6.07) is 1.88. The molecule has 0 saturated heterocycles. The molecule has 3 N–H and O–H groups in total. The first-order chi connectivity index (χ1) is 6.29. The van der Waals surface area contributed by atoms with E-state index in [4.69, 9.17) is 10.5 Å². The second-order valence-electron chi connectivity index (χ2n) is 3.17. The van der Waals surface area contributed by atoms with Gasteiger partial charge in [-0.05, 0) is 12.8 Å². The fraction of sp³-hybridized carbons (Fsp3) is 0.444. The fourth-order valence-electron chi connectivity index (χ4n) is 1.10. The normalized spacial score (nSPS) is 15.5. The van der Waals surface area contributed by atoms with E-state index in [1.165, 1.54) is 0 Å². The van der Waals surface area contributed by atoms with Gasteiger partial charge >= 0.3 is 0 Å². The second kappa shape index (κ2) is 3.12. The van der Waals surface area contributed by atoms with Gasteiger partial charge in [-0.1, -0.05) is 0 Å². The molecule has 0 unspecified atom stereocenters. The van der Waals surface area contributed by atoms with Crippen LogP contribution < -0.4 is 15.8 Å². The highest BCUT2D eigenvalue weighted by Crippen LogP contribution is 2.28. The molecule has 0 atom stereocenters. The van der Waals surface area contributed by atoms with E-state index in [9.17, 15) is 0 Å². The van der Waals surface area contributed by atoms with Gasteiger partial charge in [0.05, 0.1) is 18.0 Å². The number of nitrogens with two attached hydrogens (primary N) is 1. The van der Waals surface area contributed by atoms with Crippen LogP contribution in [0.3, 0.4) is 0 Å². The maximum Gasteiger partial charge on any atom is 0.147 e. The molecule has 13 heavy (non-hydrogen) atoms. The molecule has 1 heterocycles. The summed E-state index contributed by atoms with van der Waals surface area (Å²) in [6.07, 6.45) is 4.36. The Kier molecular flexibility index (Phi) is 1.96. The summed E-state index contributed by atoms with van der Waals surface area (Å²) in [6.45, 7) is 0. The van der Waals surface area contributed by atoms with Gasteiger partial charge in [0, 0.05) is 13.1 Å². The highest BCUT2D eigenvalue weighted by Gasteiger charge is 2.23. The molecule has 0 bridgehead atoms. The molecule has 0 amide bonds. The van der Waals surface area contributed by atoms with E-state index in [1.54, 1.807) is 6.20 Å². The van der Waals surface area contributed by atoms with Crippen molar-refractivity contribution in [1.29, 1.82) is 0 Å². The van der Waals surface area contributed by atoms with Gasteiger partial charge in [0.1, 0.15) is 11.6 Å². The van der Waals surface area contributed by atoms with Gasteiger partial charge in [0.25, 0.3) is 0 Å². The lowest BCUT2D eigenvalue weighted by Gasteiger charge is -2.07. The minimum Gasteiger partial charge on any atom is -0.489 e. The number of nitrogens with zero attached hydrogens (tertiary/aromatic N) is 1. The van der Waals surface area contributed by atoms with E-state index in [1.807, 2.05) is 13.1 Å². The fourth-order valence-corrected chi connectivity index (χ4v) is 1.10. The zero-order valence-corrected chi connectivity index (χ0v) is 7.58. The molecule has 1 fully saturated rings. The predicted octanol–water partition coefficient (Wildman–Crippen LogP) is 1.25. The van der Waals surface area contributed by atoms with Crippen LogP contribution in [0.1, 0.15) is 12.8 Å². The van der Waals surface area contributed by atoms with Crippen molar-refractivity contribution in [1.82, 2.24) is 4.98 Å². The molecule has 4 heteroatoms. The number of aromatic nitrogens is 1. The molecule has 70 valence electrons. The Morgan fingerprint density at radius 3 is 3.00 bits per heavy atom. The Labute approximate surface area is 77.1 Å².